The van der Waals surface area contributed by atoms with E-state index >= 15 is 0 Å². The van der Waals surface area contributed by atoms with Gasteiger partial charge in [-0.1, -0.05) is 19.9 Å². The molecule has 2 N–H and O–H groups in total. The van der Waals surface area contributed by atoms with Crippen LogP contribution in [0.15, 0.2) is 48.9 Å². The number of pyridine rings is 1. The van der Waals surface area contributed by atoms with Crippen molar-refractivity contribution < 1.29 is 5.11 Å². The Morgan fingerprint density at radius 1 is 0.938 bits per heavy atom. The van der Waals surface area contributed by atoms with E-state index in [0.717, 1.165) is 50.7 Å². The van der Waals surface area contributed by atoms with E-state index in [9.17, 15) is 5.11 Å². The van der Waals surface area contributed by atoms with Crippen LogP contribution in [-0.4, -0.2) is 28.8 Å². The predicted molar refractivity (Wildman–Crippen MR) is 126 cm³/mol. The van der Waals surface area contributed by atoms with Gasteiger partial charge in [0.2, 0.25) is 0 Å². The summed E-state index contributed by atoms with van der Waals surface area (Å²) in [6, 6.07) is 9.99. The quantitative estimate of drug-likeness (QED) is 0.401. The molecule has 0 saturated heterocycles. The van der Waals surface area contributed by atoms with Gasteiger partial charge in [-0.15, -0.1) is 0 Å². The molecule has 32 heavy (non-hydrogen) atoms. The lowest BCUT2D eigenvalue weighted by atomic mass is 9.97. The lowest BCUT2D eigenvalue weighted by molar-refractivity contribution is 0.136. The third kappa shape index (κ3) is 5.04. The molecule has 164 valence electrons. The zero-order valence-electron chi connectivity index (χ0n) is 18.6. The highest BCUT2D eigenvalue weighted by Gasteiger charge is 2.18. The number of hydrogen-bond acceptors (Lipinski definition) is 8. The summed E-state index contributed by atoms with van der Waals surface area (Å²) in [7, 11) is 0. The maximum absolute atomic E-state index is 10.9. The highest BCUT2D eigenvalue weighted by molar-refractivity contribution is 6.99. The van der Waals surface area contributed by atoms with Crippen LogP contribution in [0.25, 0.3) is 22.5 Å². The molecule has 0 fully saturated rings. The van der Waals surface area contributed by atoms with Crippen molar-refractivity contribution >= 4 is 11.7 Å². The third-order valence-corrected chi connectivity index (χ3v) is 5.67. The Morgan fingerprint density at radius 3 is 2.44 bits per heavy atom. The average molecular weight is 447 g/mol. The number of nitrogens with zero attached hydrogens (tertiary/aromatic N) is 5. The van der Waals surface area contributed by atoms with Gasteiger partial charge in [-0.05, 0) is 55.2 Å². The molecule has 3 aromatic heterocycles. The monoisotopic (exact) mass is 446 g/mol. The van der Waals surface area contributed by atoms with Crippen LogP contribution >= 0.6 is 11.7 Å². The van der Waals surface area contributed by atoms with Gasteiger partial charge in [-0.3, -0.25) is 20.3 Å². The molecule has 0 saturated carbocycles. The third-order valence-electron chi connectivity index (χ3n) is 5.12. The van der Waals surface area contributed by atoms with Crippen molar-refractivity contribution in [1.29, 1.82) is 0 Å². The highest BCUT2D eigenvalue weighted by Crippen LogP contribution is 2.33. The van der Waals surface area contributed by atoms with Crippen LogP contribution in [0.5, 0.6) is 0 Å². The Morgan fingerprint density at radius 2 is 1.75 bits per heavy atom. The Balaban J connectivity index is 1.70. The Hall–Kier alpha value is -3.07. The minimum absolute atomic E-state index is 0.247. The van der Waals surface area contributed by atoms with Crippen molar-refractivity contribution in [3.05, 3.63) is 77.1 Å². The first-order valence-corrected chi connectivity index (χ1v) is 11.2. The van der Waals surface area contributed by atoms with Crippen LogP contribution in [0.4, 0.5) is 0 Å². The fraction of sp³-hybridized carbons (Fsp3) is 0.292. The van der Waals surface area contributed by atoms with Crippen molar-refractivity contribution in [2.24, 2.45) is 0 Å². The molecular weight excluding hydrogens is 420 g/mol. The summed E-state index contributed by atoms with van der Waals surface area (Å²) in [6.07, 6.45) is 4.38. The van der Waals surface area contributed by atoms with Gasteiger partial charge in [-0.25, -0.2) is 0 Å². The minimum atomic E-state index is -0.892. The Kier molecular flexibility index (Phi) is 6.64. The number of aliphatic hydroxyl groups excluding tert-OH is 1. The van der Waals surface area contributed by atoms with E-state index in [2.05, 4.69) is 48.9 Å². The zero-order valence-corrected chi connectivity index (χ0v) is 19.4. The van der Waals surface area contributed by atoms with Crippen molar-refractivity contribution in [2.75, 3.05) is 0 Å². The van der Waals surface area contributed by atoms with E-state index in [4.69, 9.17) is 0 Å². The van der Waals surface area contributed by atoms with Gasteiger partial charge < -0.3 is 5.11 Å². The van der Waals surface area contributed by atoms with E-state index in [-0.39, 0.29) is 5.92 Å². The summed E-state index contributed by atoms with van der Waals surface area (Å²) in [4.78, 5) is 13.2. The van der Waals surface area contributed by atoms with Crippen molar-refractivity contribution in [3.63, 3.8) is 0 Å². The maximum Gasteiger partial charge on any atom is 0.131 e. The smallest absolute Gasteiger partial charge is 0.131 e. The summed E-state index contributed by atoms with van der Waals surface area (Å²) < 4.78 is 9.03. The molecule has 4 rings (SSSR count). The molecule has 1 unspecified atom stereocenters. The van der Waals surface area contributed by atoms with Gasteiger partial charge in [0.25, 0.3) is 0 Å². The van der Waals surface area contributed by atoms with Gasteiger partial charge in [0.05, 0.1) is 34.5 Å². The molecule has 0 radical (unpaired) electrons. The second-order valence-corrected chi connectivity index (χ2v) is 8.68. The maximum atomic E-state index is 10.9. The van der Waals surface area contributed by atoms with Gasteiger partial charge in [0.1, 0.15) is 11.9 Å². The average Bonchev–Trinajstić information content (AvgIpc) is 3.29. The van der Waals surface area contributed by atoms with Crippen LogP contribution in [0, 0.1) is 13.8 Å². The van der Waals surface area contributed by atoms with Gasteiger partial charge >= 0.3 is 0 Å². The van der Waals surface area contributed by atoms with Crippen molar-refractivity contribution in [1.82, 2.24) is 29.0 Å². The Labute approximate surface area is 192 Å². The summed E-state index contributed by atoms with van der Waals surface area (Å²) >= 11 is 1.21. The number of aryl methyl sites for hydroxylation is 2. The number of hydrogen-bond donors (Lipinski definition) is 2. The molecular formula is C24H26N6OS. The second-order valence-electron chi connectivity index (χ2n) is 8.15. The van der Waals surface area contributed by atoms with Crippen LogP contribution in [0.3, 0.4) is 0 Å². The molecule has 0 aliphatic rings. The molecule has 0 aliphatic heterocycles. The standard InChI is InChI=1S/C24H26N6OS/c1-14(2)22-23(30-32-29-22)18-7-17(21-6-5-15(3)10-27-21)8-19(9-18)24(31)28-13-20-12-25-16(4)11-26-20/h5-12,14,24,28,31H,13H2,1-4H3. The predicted octanol–water partition coefficient (Wildman–Crippen LogP) is 4.58. The zero-order chi connectivity index (χ0) is 22.7. The van der Waals surface area contributed by atoms with E-state index in [1.165, 1.54) is 11.7 Å². The van der Waals surface area contributed by atoms with Crippen LogP contribution < -0.4 is 5.32 Å². The lowest BCUT2D eigenvalue weighted by Crippen LogP contribution is -2.21. The molecule has 1 aromatic carbocycles. The van der Waals surface area contributed by atoms with Gasteiger partial charge in [0.15, 0.2) is 0 Å². The molecule has 0 amide bonds. The van der Waals surface area contributed by atoms with Crippen LogP contribution in [-0.2, 0) is 6.54 Å². The first-order valence-electron chi connectivity index (χ1n) is 10.5. The number of nitrogens with one attached hydrogen (secondary N) is 1. The number of benzene rings is 1. The Bertz CT molecular complexity index is 1190. The van der Waals surface area contributed by atoms with E-state index < -0.39 is 6.23 Å². The van der Waals surface area contributed by atoms with Crippen molar-refractivity contribution in [3.8, 4) is 22.5 Å². The SMILES string of the molecule is Cc1ccc(-c2cc(-c3nsnc3C(C)C)cc(C(O)NCc3cnc(C)cn3)c2)nc1. The number of rotatable bonds is 7. The molecule has 1 atom stereocenters. The fourth-order valence-corrected chi connectivity index (χ4v) is 4.04. The van der Waals surface area contributed by atoms with E-state index in [1.54, 1.807) is 12.4 Å². The van der Waals surface area contributed by atoms with Crippen molar-refractivity contribution in [2.45, 2.75) is 46.4 Å². The normalized spacial score (nSPS) is 12.3. The molecule has 0 bridgehead atoms. The fourth-order valence-electron chi connectivity index (χ4n) is 3.34. The highest BCUT2D eigenvalue weighted by atomic mass is 32.1. The lowest BCUT2D eigenvalue weighted by Gasteiger charge is -2.16. The van der Waals surface area contributed by atoms with E-state index in [1.807, 2.05) is 44.3 Å². The van der Waals surface area contributed by atoms with E-state index in [0.29, 0.717) is 6.54 Å². The van der Waals surface area contributed by atoms with Gasteiger partial charge in [0, 0.05) is 36.3 Å². The first-order chi connectivity index (χ1) is 15.4. The molecule has 3 heterocycles. The first kappa shape index (κ1) is 22.1. The van der Waals surface area contributed by atoms with Gasteiger partial charge in [-0.2, -0.15) is 8.75 Å². The summed E-state index contributed by atoms with van der Waals surface area (Å²) in [5.74, 6) is 0.247. The van der Waals surface area contributed by atoms with Crippen LogP contribution in [0.1, 0.15) is 54.2 Å². The number of aromatic nitrogens is 5. The molecule has 8 heteroatoms. The number of aliphatic hydroxyl groups is 1. The topological polar surface area (TPSA) is 96.7 Å². The summed E-state index contributed by atoms with van der Waals surface area (Å²) in [5, 5.41) is 14.1. The minimum Gasteiger partial charge on any atom is -0.374 e. The van der Waals surface area contributed by atoms with Crippen LogP contribution in [0.2, 0.25) is 0 Å². The molecule has 0 spiro atoms. The largest absolute Gasteiger partial charge is 0.374 e. The molecule has 4 aromatic rings. The summed E-state index contributed by atoms with van der Waals surface area (Å²) in [5.41, 5.74) is 7.89. The second kappa shape index (κ2) is 9.60. The summed E-state index contributed by atoms with van der Waals surface area (Å²) in [6.45, 7) is 8.50. The molecule has 7 nitrogen and oxygen atoms in total. The molecule has 0 aliphatic carbocycles.